The second-order valence-corrected chi connectivity index (χ2v) is 3.59. The van der Waals surface area contributed by atoms with Gasteiger partial charge in [0.2, 0.25) is 0 Å². The van der Waals surface area contributed by atoms with Gasteiger partial charge in [0, 0.05) is 12.3 Å². The molecule has 4 heteroatoms. The smallest absolute Gasteiger partial charge is 0.195 e. The molecule has 0 N–H and O–H groups in total. The predicted octanol–water partition coefficient (Wildman–Crippen LogP) is 3.01. The zero-order chi connectivity index (χ0) is 10.7. The quantitative estimate of drug-likeness (QED) is 0.751. The molecule has 0 fully saturated rings. The lowest BCUT2D eigenvalue weighted by Crippen LogP contribution is -1.86. The zero-order valence-corrected chi connectivity index (χ0v) is 9.25. The number of oxazole rings is 1. The Kier molecular flexibility index (Phi) is 3.11. The van der Waals surface area contributed by atoms with Gasteiger partial charge in [-0.05, 0) is 18.6 Å². The van der Waals surface area contributed by atoms with E-state index in [1.165, 1.54) is 0 Å². The minimum atomic E-state index is 0.621. The van der Waals surface area contributed by atoms with Crippen molar-refractivity contribution in [3.05, 3.63) is 24.1 Å². The zero-order valence-electron chi connectivity index (χ0n) is 8.50. The highest BCUT2D eigenvalue weighted by Gasteiger charge is 2.09. The molecule has 0 spiro atoms. The highest BCUT2D eigenvalue weighted by atomic mass is 35.5. The van der Waals surface area contributed by atoms with Gasteiger partial charge in [-0.1, -0.05) is 6.07 Å². The second kappa shape index (κ2) is 4.53. The summed E-state index contributed by atoms with van der Waals surface area (Å²) in [4.78, 5) is 4.37. The van der Waals surface area contributed by atoms with Crippen LogP contribution in [0.4, 0.5) is 0 Å². The van der Waals surface area contributed by atoms with Crippen LogP contribution in [0.1, 0.15) is 12.3 Å². The van der Waals surface area contributed by atoms with E-state index in [0.29, 0.717) is 5.88 Å². The maximum atomic E-state index is 5.61. The van der Waals surface area contributed by atoms with Gasteiger partial charge in [0.25, 0.3) is 0 Å². The minimum Gasteiger partial charge on any atom is -0.494 e. The number of hydrogen-bond acceptors (Lipinski definition) is 3. The van der Waals surface area contributed by atoms with Crippen molar-refractivity contribution in [2.45, 2.75) is 12.8 Å². The summed E-state index contributed by atoms with van der Waals surface area (Å²) in [6, 6.07) is 5.64. The van der Waals surface area contributed by atoms with E-state index >= 15 is 0 Å². The summed E-state index contributed by atoms with van der Waals surface area (Å²) >= 11 is 5.61. The molecule has 0 aliphatic carbocycles. The molecule has 0 saturated heterocycles. The lowest BCUT2D eigenvalue weighted by molar-refractivity contribution is 0.419. The summed E-state index contributed by atoms with van der Waals surface area (Å²) in [6.45, 7) is 0. The summed E-state index contributed by atoms with van der Waals surface area (Å²) in [5.74, 6) is 2.08. The lowest BCUT2D eigenvalue weighted by atomic mass is 10.3. The topological polar surface area (TPSA) is 35.3 Å². The fourth-order valence-corrected chi connectivity index (χ4v) is 1.59. The number of para-hydroxylation sites is 1. The molecule has 1 heterocycles. The van der Waals surface area contributed by atoms with Crippen LogP contribution in [0.2, 0.25) is 0 Å². The van der Waals surface area contributed by atoms with Gasteiger partial charge in [0.1, 0.15) is 5.75 Å². The molecule has 0 atom stereocenters. The maximum absolute atomic E-state index is 5.61. The van der Waals surface area contributed by atoms with Crippen molar-refractivity contribution < 1.29 is 9.15 Å². The van der Waals surface area contributed by atoms with Crippen molar-refractivity contribution >= 4 is 22.7 Å². The molecule has 0 radical (unpaired) electrons. The van der Waals surface area contributed by atoms with E-state index in [2.05, 4.69) is 4.98 Å². The van der Waals surface area contributed by atoms with Crippen LogP contribution in [0.25, 0.3) is 11.1 Å². The molecule has 1 aromatic heterocycles. The molecule has 0 unspecified atom stereocenters. The Labute approximate surface area is 93.0 Å². The molecule has 15 heavy (non-hydrogen) atoms. The fraction of sp³-hybridized carbons (Fsp3) is 0.364. The number of alkyl halides is 1. The van der Waals surface area contributed by atoms with Crippen molar-refractivity contribution in [1.82, 2.24) is 4.98 Å². The third kappa shape index (κ3) is 2.07. The number of aryl methyl sites for hydroxylation is 1. The van der Waals surface area contributed by atoms with Crippen molar-refractivity contribution in [3.8, 4) is 5.75 Å². The van der Waals surface area contributed by atoms with Gasteiger partial charge in [-0.2, -0.15) is 0 Å². The largest absolute Gasteiger partial charge is 0.494 e. The van der Waals surface area contributed by atoms with Crippen LogP contribution in [0, 0.1) is 0 Å². The Morgan fingerprint density at radius 3 is 3.07 bits per heavy atom. The summed E-state index contributed by atoms with van der Waals surface area (Å²) in [6.07, 6.45) is 1.64. The van der Waals surface area contributed by atoms with Gasteiger partial charge in [-0.25, -0.2) is 4.98 Å². The van der Waals surface area contributed by atoms with Crippen LogP contribution in [0.15, 0.2) is 22.6 Å². The molecule has 3 nitrogen and oxygen atoms in total. The van der Waals surface area contributed by atoms with Crippen molar-refractivity contribution in [1.29, 1.82) is 0 Å². The van der Waals surface area contributed by atoms with E-state index < -0.39 is 0 Å². The van der Waals surface area contributed by atoms with E-state index in [0.717, 1.165) is 35.6 Å². The molecular weight excluding hydrogens is 214 g/mol. The number of ether oxygens (including phenoxy) is 1. The van der Waals surface area contributed by atoms with Gasteiger partial charge >= 0.3 is 0 Å². The Morgan fingerprint density at radius 1 is 1.47 bits per heavy atom. The van der Waals surface area contributed by atoms with Crippen LogP contribution in [0.3, 0.4) is 0 Å². The van der Waals surface area contributed by atoms with E-state index in [1.807, 2.05) is 18.2 Å². The third-order valence-electron chi connectivity index (χ3n) is 2.17. The Morgan fingerprint density at radius 2 is 2.33 bits per heavy atom. The molecule has 2 rings (SSSR count). The average Bonchev–Trinajstić information content (AvgIpc) is 2.68. The number of benzene rings is 1. The predicted molar refractivity (Wildman–Crippen MR) is 59.6 cm³/mol. The Hall–Kier alpha value is -1.22. The van der Waals surface area contributed by atoms with Gasteiger partial charge < -0.3 is 9.15 Å². The Balaban J connectivity index is 2.37. The molecule has 0 saturated carbocycles. The summed E-state index contributed by atoms with van der Waals surface area (Å²) < 4.78 is 10.8. The first-order chi connectivity index (χ1) is 7.35. The normalized spacial score (nSPS) is 10.8. The standard InChI is InChI=1S/C11H12ClNO2/c1-14-8-4-2-5-9-11(8)13-10(15-9)6-3-7-12/h2,4-5H,3,6-7H2,1H3. The van der Waals surface area contributed by atoms with Crippen LogP contribution in [-0.2, 0) is 6.42 Å². The van der Waals surface area contributed by atoms with Crippen molar-refractivity contribution in [3.63, 3.8) is 0 Å². The molecule has 80 valence electrons. The number of halogens is 1. The molecular formula is C11H12ClNO2. The number of nitrogens with zero attached hydrogens (tertiary/aromatic N) is 1. The van der Waals surface area contributed by atoms with Gasteiger partial charge in [0.05, 0.1) is 7.11 Å². The van der Waals surface area contributed by atoms with Gasteiger partial charge in [0.15, 0.2) is 17.0 Å². The average molecular weight is 226 g/mol. The Bertz CT molecular complexity index is 453. The van der Waals surface area contributed by atoms with Crippen LogP contribution < -0.4 is 4.74 Å². The van der Waals surface area contributed by atoms with Crippen molar-refractivity contribution in [2.75, 3.05) is 13.0 Å². The van der Waals surface area contributed by atoms with Gasteiger partial charge in [-0.15, -0.1) is 11.6 Å². The molecule has 0 aliphatic rings. The lowest BCUT2D eigenvalue weighted by Gasteiger charge is -1.96. The first kappa shape index (κ1) is 10.3. The summed E-state index contributed by atoms with van der Waals surface area (Å²) in [5.41, 5.74) is 1.54. The monoisotopic (exact) mass is 225 g/mol. The molecule has 0 bridgehead atoms. The van der Waals surface area contributed by atoms with E-state index in [4.69, 9.17) is 20.8 Å². The molecule has 0 amide bonds. The fourth-order valence-electron chi connectivity index (χ4n) is 1.46. The number of methoxy groups -OCH3 is 1. The van der Waals surface area contributed by atoms with Crippen LogP contribution in [0.5, 0.6) is 5.75 Å². The number of aromatic nitrogens is 1. The second-order valence-electron chi connectivity index (χ2n) is 3.21. The van der Waals surface area contributed by atoms with Gasteiger partial charge in [-0.3, -0.25) is 0 Å². The summed E-state index contributed by atoms with van der Waals surface area (Å²) in [7, 11) is 1.63. The van der Waals surface area contributed by atoms with Crippen molar-refractivity contribution in [2.24, 2.45) is 0 Å². The van der Waals surface area contributed by atoms with Crippen LogP contribution in [-0.4, -0.2) is 18.0 Å². The van der Waals surface area contributed by atoms with E-state index in [1.54, 1.807) is 7.11 Å². The number of rotatable bonds is 4. The SMILES string of the molecule is COc1cccc2oc(CCCCl)nc12. The maximum Gasteiger partial charge on any atom is 0.195 e. The third-order valence-corrected chi connectivity index (χ3v) is 2.44. The number of hydrogen-bond donors (Lipinski definition) is 0. The first-order valence-electron chi connectivity index (χ1n) is 4.83. The highest BCUT2D eigenvalue weighted by molar-refractivity contribution is 6.17. The number of fused-ring (bicyclic) bond motifs is 1. The molecule has 1 aromatic carbocycles. The molecule has 2 aromatic rings. The molecule has 0 aliphatic heterocycles. The summed E-state index contributed by atoms with van der Waals surface area (Å²) in [5, 5.41) is 0. The van der Waals surface area contributed by atoms with E-state index in [-0.39, 0.29) is 0 Å². The van der Waals surface area contributed by atoms with E-state index in [9.17, 15) is 0 Å². The first-order valence-corrected chi connectivity index (χ1v) is 5.37. The highest BCUT2D eigenvalue weighted by Crippen LogP contribution is 2.25. The van der Waals surface area contributed by atoms with Crippen LogP contribution >= 0.6 is 11.6 Å². The minimum absolute atomic E-state index is 0.621.